The molecule has 0 rings (SSSR count). The van der Waals surface area contributed by atoms with Gasteiger partial charge in [0.1, 0.15) is 6.61 Å². The van der Waals surface area contributed by atoms with E-state index >= 15 is 0 Å². The fourth-order valence-electron chi connectivity index (χ4n) is 5.75. The minimum Gasteiger partial charge on any atom is -0.462 e. The summed E-state index contributed by atoms with van der Waals surface area (Å²) in [5.41, 5.74) is 0. The second-order valence-corrected chi connectivity index (χ2v) is 13.7. The first-order valence-electron chi connectivity index (χ1n) is 20.5. The summed E-state index contributed by atoms with van der Waals surface area (Å²) in [7, 11) is 0. The number of hydrogen-bond donors (Lipinski definition) is 1. The van der Waals surface area contributed by atoms with Crippen LogP contribution in [0.15, 0.2) is 36.5 Å². The molecule has 1 unspecified atom stereocenters. The number of ether oxygens (including phenoxy) is 2. The van der Waals surface area contributed by atoms with Gasteiger partial charge in [0, 0.05) is 12.8 Å². The molecule has 0 aliphatic rings. The number of carbonyl (C=O) groups is 2. The van der Waals surface area contributed by atoms with Crippen molar-refractivity contribution in [2.24, 2.45) is 0 Å². The number of aliphatic hydroxyl groups excluding tert-OH is 1. The summed E-state index contributed by atoms with van der Waals surface area (Å²) in [5.74, 6) is -0.606. The van der Waals surface area contributed by atoms with Gasteiger partial charge < -0.3 is 14.6 Å². The minimum atomic E-state index is -0.777. The van der Waals surface area contributed by atoms with Crippen molar-refractivity contribution in [2.75, 3.05) is 13.2 Å². The van der Waals surface area contributed by atoms with E-state index in [1.807, 2.05) is 0 Å². The Morgan fingerprint density at radius 3 is 1.27 bits per heavy atom. The Bertz CT molecular complexity index is 771. The molecule has 0 heterocycles. The number of unbranched alkanes of at least 4 members (excludes halogenated alkanes) is 23. The molecule has 5 nitrogen and oxygen atoms in total. The summed E-state index contributed by atoms with van der Waals surface area (Å²) < 4.78 is 10.6. The molecule has 1 N–H and O–H groups in total. The van der Waals surface area contributed by atoms with Gasteiger partial charge in [-0.15, -0.1) is 0 Å². The molecule has 0 saturated carbocycles. The van der Waals surface area contributed by atoms with E-state index in [0.717, 1.165) is 57.8 Å². The highest BCUT2D eigenvalue weighted by Gasteiger charge is 2.16. The molecule has 0 spiro atoms. The molecular weight excluding hydrogens is 596 g/mol. The van der Waals surface area contributed by atoms with Gasteiger partial charge >= 0.3 is 11.9 Å². The molecule has 0 aromatic heterocycles. The zero-order valence-corrected chi connectivity index (χ0v) is 31.7. The van der Waals surface area contributed by atoms with Crippen LogP contribution in [-0.4, -0.2) is 36.4 Å². The standard InChI is InChI=1S/C43H78O5/c1-3-5-7-9-11-13-15-17-19-21-22-24-26-28-30-32-34-36-38-43(46)48-41(39-44)40-47-42(45)37-35-33-31-29-27-25-23-20-18-16-14-12-10-8-6-4-2/h13,15,19-21,23,41,44H,3-12,14,16-18,22,24-40H2,1-2H3/b15-13-,21-19-,23-20-. The predicted molar refractivity (Wildman–Crippen MR) is 205 cm³/mol. The van der Waals surface area contributed by atoms with Crippen LogP contribution in [0.5, 0.6) is 0 Å². The fraction of sp³-hybridized carbons (Fsp3) is 0.814. The number of carbonyl (C=O) groups excluding carboxylic acids is 2. The van der Waals surface area contributed by atoms with Crippen molar-refractivity contribution in [3.8, 4) is 0 Å². The predicted octanol–water partition coefficient (Wildman–Crippen LogP) is 12.8. The summed E-state index contributed by atoms with van der Waals surface area (Å²) in [4.78, 5) is 24.3. The first-order chi connectivity index (χ1) is 23.6. The average molecular weight is 675 g/mol. The van der Waals surface area contributed by atoms with Crippen molar-refractivity contribution in [1.82, 2.24) is 0 Å². The minimum absolute atomic E-state index is 0.0721. The van der Waals surface area contributed by atoms with E-state index in [2.05, 4.69) is 50.3 Å². The third-order valence-corrected chi connectivity index (χ3v) is 8.91. The van der Waals surface area contributed by atoms with E-state index in [0.29, 0.717) is 12.8 Å². The van der Waals surface area contributed by atoms with E-state index in [9.17, 15) is 14.7 Å². The van der Waals surface area contributed by atoms with Gasteiger partial charge in [0.2, 0.25) is 0 Å². The lowest BCUT2D eigenvalue weighted by molar-refractivity contribution is -0.161. The lowest BCUT2D eigenvalue weighted by atomic mass is 10.1. The maximum absolute atomic E-state index is 12.2. The molecular formula is C43H78O5. The lowest BCUT2D eigenvalue weighted by Gasteiger charge is -2.15. The Labute approximate surface area is 297 Å². The molecule has 0 bridgehead atoms. The zero-order chi connectivity index (χ0) is 35.0. The van der Waals surface area contributed by atoms with Crippen LogP contribution >= 0.6 is 0 Å². The number of allylic oxidation sites excluding steroid dienone is 6. The normalized spacial score (nSPS) is 12.5. The van der Waals surface area contributed by atoms with Crippen LogP contribution in [0.4, 0.5) is 0 Å². The molecule has 0 aromatic carbocycles. The van der Waals surface area contributed by atoms with Gasteiger partial charge in [-0.2, -0.15) is 0 Å². The third-order valence-electron chi connectivity index (χ3n) is 8.91. The van der Waals surface area contributed by atoms with Gasteiger partial charge in [-0.05, 0) is 70.6 Å². The Morgan fingerprint density at radius 2 is 0.833 bits per heavy atom. The van der Waals surface area contributed by atoms with Gasteiger partial charge in [-0.3, -0.25) is 9.59 Å². The topological polar surface area (TPSA) is 72.8 Å². The average Bonchev–Trinajstić information content (AvgIpc) is 3.09. The highest BCUT2D eigenvalue weighted by molar-refractivity contribution is 5.70. The van der Waals surface area contributed by atoms with Crippen molar-refractivity contribution < 1.29 is 24.2 Å². The third kappa shape index (κ3) is 36.9. The molecule has 0 aromatic rings. The highest BCUT2D eigenvalue weighted by atomic mass is 16.6. The highest BCUT2D eigenvalue weighted by Crippen LogP contribution is 2.13. The van der Waals surface area contributed by atoms with Crippen molar-refractivity contribution in [3.63, 3.8) is 0 Å². The lowest BCUT2D eigenvalue weighted by Crippen LogP contribution is -2.28. The Kier molecular flexibility index (Phi) is 38.0. The van der Waals surface area contributed by atoms with E-state index in [-0.39, 0.29) is 25.2 Å². The molecule has 0 saturated heterocycles. The first-order valence-corrected chi connectivity index (χ1v) is 20.5. The van der Waals surface area contributed by atoms with Gasteiger partial charge in [0.15, 0.2) is 6.10 Å². The summed E-state index contributed by atoms with van der Waals surface area (Å²) in [6.07, 6.45) is 47.7. The number of rotatable bonds is 37. The Morgan fingerprint density at radius 1 is 0.479 bits per heavy atom. The maximum Gasteiger partial charge on any atom is 0.306 e. The summed E-state index contributed by atoms with van der Waals surface area (Å²) >= 11 is 0. The number of esters is 2. The van der Waals surface area contributed by atoms with Crippen LogP contribution in [0.25, 0.3) is 0 Å². The monoisotopic (exact) mass is 675 g/mol. The molecule has 0 amide bonds. The first kappa shape index (κ1) is 46.1. The van der Waals surface area contributed by atoms with E-state index in [1.165, 1.54) is 122 Å². The van der Waals surface area contributed by atoms with Gasteiger partial charge in [0.05, 0.1) is 6.61 Å². The van der Waals surface area contributed by atoms with Crippen LogP contribution in [0.2, 0.25) is 0 Å². The molecule has 0 aliphatic heterocycles. The largest absolute Gasteiger partial charge is 0.462 e. The van der Waals surface area contributed by atoms with Gasteiger partial charge in [-0.1, -0.05) is 159 Å². The van der Waals surface area contributed by atoms with Gasteiger partial charge in [-0.25, -0.2) is 0 Å². The van der Waals surface area contributed by atoms with Gasteiger partial charge in [0.25, 0.3) is 0 Å². The Hall–Kier alpha value is -1.88. The molecule has 280 valence electrons. The van der Waals surface area contributed by atoms with Crippen LogP contribution in [0, 0.1) is 0 Å². The summed E-state index contributed by atoms with van der Waals surface area (Å²) in [6, 6.07) is 0. The zero-order valence-electron chi connectivity index (χ0n) is 31.7. The van der Waals surface area contributed by atoms with E-state index < -0.39 is 6.10 Å². The quantitative estimate of drug-likeness (QED) is 0.0403. The smallest absolute Gasteiger partial charge is 0.306 e. The molecule has 1 atom stereocenters. The summed E-state index contributed by atoms with van der Waals surface area (Å²) in [6.45, 7) is 4.11. The maximum atomic E-state index is 12.2. The van der Waals surface area contributed by atoms with Crippen LogP contribution in [-0.2, 0) is 19.1 Å². The molecule has 5 heteroatoms. The van der Waals surface area contributed by atoms with Crippen LogP contribution in [0.1, 0.15) is 206 Å². The molecule has 0 radical (unpaired) electrons. The van der Waals surface area contributed by atoms with E-state index in [4.69, 9.17) is 9.47 Å². The Balaban J connectivity index is 3.57. The van der Waals surface area contributed by atoms with Crippen molar-refractivity contribution in [2.45, 2.75) is 213 Å². The molecule has 0 aliphatic carbocycles. The van der Waals surface area contributed by atoms with Crippen LogP contribution in [0.3, 0.4) is 0 Å². The van der Waals surface area contributed by atoms with Crippen molar-refractivity contribution >= 4 is 11.9 Å². The molecule has 48 heavy (non-hydrogen) atoms. The van der Waals surface area contributed by atoms with Crippen molar-refractivity contribution in [1.29, 1.82) is 0 Å². The van der Waals surface area contributed by atoms with Crippen LogP contribution < -0.4 is 0 Å². The fourth-order valence-corrected chi connectivity index (χ4v) is 5.75. The number of aliphatic hydroxyl groups is 1. The molecule has 0 fully saturated rings. The summed E-state index contributed by atoms with van der Waals surface area (Å²) in [5, 5.41) is 9.56. The SMILES string of the molecule is CCCCCC/C=C\C/C=C\CCCCCCCCCC(=O)OC(CO)COC(=O)CCCCCCC/C=C\CCCCCCCCC. The second-order valence-electron chi connectivity index (χ2n) is 13.7. The van der Waals surface area contributed by atoms with E-state index in [1.54, 1.807) is 0 Å². The second kappa shape index (κ2) is 39.6. The number of hydrogen-bond acceptors (Lipinski definition) is 5. The van der Waals surface area contributed by atoms with Crippen molar-refractivity contribution in [3.05, 3.63) is 36.5 Å².